The normalized spacial score (nSPS) is 18.2. The molecule has 0 amide bonds. The van der Waals surface area contributed by atoms with Crippen molar-refractivity contribution < 1.29 is 32.2 Å². The zero-order valence-electron chi connectivity index (χ0n) is 33.1. The molecule has 11 heteroatoms. The van der Waals surface area contributed by atoms with Crippen molar-refractivity contribution in [2.45, 2.75) is 103 Å². The van der Waals surface area contributed by atoms with Gasteiger partial charge in [-0.05, 0) is 84.3 Å². The second kappa shape index (κ2) is 20.0. The van der Waals surface area contributed by atoms with Crippen molar-refractivity contribution in [1.82, 2.24) is 4.31 Å². The summed E-state index contributed by atoms with van der Waals surface area (Å²) in [4.78, 5) is 12.5. The Labute approximate surface area is 316 Å². The molecule has 2 atom stereocenters. The Bertz CT molecular complexity index is 1600. The van der Waals surface area contributed by atoms with Crippen molar-refractivity contribution in [3.8, 4) is 5.75 Å². The smallest absolute Gasteiger partial charge is 0.306 e. The molecule has 2 aromatic rings. The highest BCUT2D eigenvalue weighted by Crippen LogP contribution is 2.33. The third-order valence-electron chi connectivity index (χ3n) is 9.26. The largest absolute Gasteiger partial charge is 0.490 e. The summed E-state index contributed by atoms with van der Waals surface area (Å²) in [6.45, 7) is 23.0. The van der Waals surface area contributed by atoms with Crippen molar-refractivity contribution in [2.75, 3.05) is 39.5 Å². The number of esters is 1. The monoisotopic (exact) mass is 769 g/mol. The second-order valence-electron chi connectivity index (χ2n) is 16.4. The van der Waals surface area contributed by atoms with Gasteiger partial charge in [0.2, 0.25) is 10.0 Å². The molecule has 0 spiro atoms. The summed E-state index contributed by atoms with van der Waals surface area (Å²) in [5, 5.41) is 0. The molecule has 52 heavy (non-hydrogen) atoms. The van der Waals surface area contributed by atoms with Gasteiger partial charge in [0.25, 0.3) is 0 Å². The number of rotatable bonds is 19. The lowest BCUT2D eigenvalue weighted by molar-refractivity contribution is -0.140. The Balaban J connectivity index is 1.73. The summed E-state index contributed by atoms with van der Waals surface area (Å²) in [6, 6.07) is 15.6. The average Bonchev–Trinajstić information content (AvgIpc) is 3.13. The number of nitrogens with zero attached hydrogens (tertiary/aromatic N) is 1. The first-order valence-electron chi connectivity index (χ1n) is 18.5. The van der Waals surface area contributed by atoms with E-state index >= 15 is 0 Å². The third-order valence-corrected chi connectivity index (χ3v) is 14.5. The summed E-state index contributed by atoms with van der Waals surface area (Å²) in [6.07, 6.45) is 8.57. The molecule has 0 saturated carbocycles. The lowest BCUT2D eigenvalue weighted by atomic mass is 9.89. The van der Waals surface area contributed by atoms with E-state index in [0.29, 0.717) is 24.5 Å². The first kappa shape index (κ1) is 43.6. The van der Waals surface area contributed by atoms with E-state index in [1.165, 1.54) is 33.7 Å². The molecule has 0 radical (unpaired) electrons. The van der Waals surface area contributed by atoms with E-state index in [4.69, 9.17) is 18.9 Å². The number of sulfonamides is 1. The van der Waals surface area contributed by atoms with Gasteiger partial charge in [-0.3, -0.25) is 4.79 Å². The quantitative estimate of drug-likeness (QED) is 0.0609. The number of benzene rings is 2. The molecule has 0 aromatic heterocycles. The van der Waals surface area contributed by atoms with Gasteiger partial charge in [0.1, 0.15) is 25.3 Å². The van der Waals surface area contributed by atoms with Gasteiger partial charge in [-0.2, -0.15) is 4.31 Å². The van der Waals surface area contributed by atoms with Crippen molar-refractivity contribution >= 4 is 37.7 Å². The van der Waals surface area contributed by atoms with E-state index in [1.54, 1.807) is 0 Å². The first-order valence-corrected chi connectivity index (χ1v) is 27.5. The van der Waals surface area contributed by atoms with E-state index in [0.717, 1.165) is 36.9 Å². The maximum atomic E-state index is 14.0. The van der Waals surface area contributed by atoms with Crippen LogP contribution < -0.4 is 4.74 Å². The molecule has 0 bridgehead atoms. The Kier molecular flexibility index (Phi) is 16.8. The first-order chi connectivity index (χ1) is 24.4. The zero-order chi connectivity index (χ0) is 38.5. The van der Waals surface area contributed by atoms with Gasteiger partial charge in [0.05, 0.1) is 19.3 Å². The number of aryl methyl sites for hydroxylation is 2. The number of hydrogen-bond acceptors (Lipinski definition) is 7. The summed E-state index contributed by atoms with van der Waals surface area (Å²) < 4.78 is 52.4. The number of carbonyl (C=O) groups is 1. The van der Waals surface area contributed by atoms with Crippen LogP contribution in [0.2, 0.25) is 51.4 Å². The number of carbonyl (C=O) groups excluding carboxylic acids is 1. The van der Waals surface area contributed by atoms with Crippen molar-refractivity contribution in [1.29, 1.82) is 0 Å². The molecule has 288 valence electrons. The maximum absolute atomic E-state index is 14.0. The molecular formula is C41H63NO7SSi2. The maximum Gasteiger partial charge on any atom is 0.306 e. The number of methoxy groups -OCH3 is 1. The highest BCUT2D eigenvalue weighted by Gasteiger charge is 2.30. The van der Waals surface area contributed by atoms with Crippen LogP contribution in [0, 0.1) is 13.8 Å². The molecule has 0 heterocycles. The van der Waals surface area contributed by atoms with E-state index in [2.05, 4.69) is 96.1 Å². The summed E-state index contributed by atoms with van der Waals surface area (Å²) >= 11 is 0. The van der Waals surface area contributed by atoms with Crippen LogP contribution in [0.4, 0.5) is 0 Å². The van der Waals surface area contributed by atoms with Crippen LogP contribution in [0.25, 0.3) is 5.57 Å². The van der Waals surface area contributed by atoms with Crippen LogP contribution in [0.1, 0.15) is 53.9 Å². The number of allylic oxidation sites excluding steroid dienone is 4. The van der Waals surface area contributed by atoms with E-state index < -0.39 is 38.1 Å². The molecular weight excluding hydrogens is 707 g/mol. The molecule has 2 aromatic carbocycles. The number of ether oxygens (including phenoxy) is 4. The van der Waals surface area contributed by atoms with Gasteiger partial charge in [-0.15, -0.1) is 0 Å². The van der Waals surface area contributed by atoms with E-state index in [9.17, 15) is 13.2 Å². The molecule has 1 aliphatic carbocycles. The minimum Gasteiger partial charge on any atom is -0.490 e. The molecule has 0 saturated heterocycles. The van der Waals surface area contributed by atoms with Gasteiger partial charge in [0, 0.05) is 41.7 Å². The molecule has 0 N–H and O–H groups in total. The highest BCUT2D eigenvalue weighted by molar-refractivity contribution is 7.89. The fourth-order valence-corrected chi connectivity index (χ4v) is 8.94. The minimum atomic E-state index is -3.89. The van der Waals surface area contributed by atoms with Crippen molar-refractivity contribution in [3.63, 3.8) is 0 Å². The summed E-state index contributed by atoms with van der Waals surface area (Å²) in [7, 11) is -5.29. The molecule has 1 aliphatic rings. The van der Waals surface area contributed by atoms with Crippen LogP contribution >= 0.6 is 0 Å². The molecule has 3 rings (SSSR count). The Hall–Kier alpha value is -2.81. The predicted molar refractivity (Wildman–Crippen MR) is 220 cm³/mol. The second-order valence-corrected chi connectivity index (χ2v) is 29.6. The number of hydrogen-bond donors (Lipinski definition) is 0. The molecule has 0 aliphatic heterocycles. The van der Waals surface area contributed by atoms with Crippen LogP contribution in [0.15, 0.2) is 72.8 Å². The topological polar surface area (TPSA) is 91.4 Å². The van der Waals surface area contributed by atoms with Gasteiger partial charge in [-0.1, -0.05) is 94.4 Å². The van der Waals surface area contributed by atoms with E-state index in [-0.39, 0.29) is 31.7 Å². The third kappa shape index (κ3) is 14.9. The fourth-order valence-electron chi connectivity index (χ4n) is 5.92. The standard InChI is InChI=1S/C41H63NO7SSi2/c1-32-18-21-37(16-11-12-17-39(32)41-33(2)14-13-15-34(41)3)49-38-22-19-35(20-23-38)36(28-40(43)46-4)29-50(44,45)42(30-47-24-26-51(5,6)7)31-48-25-27-52(8,9)10/h11-15,17,19-20,22-23,36-37H,1,16,18,21,24-31H2,2-10H3/b12-11-,39-17+/t36?,37-/m0/s1. The van der Waals surface area contributed by atoms with Crippen LogP contribution in [0.3, 0.4) is 0 Å². The van der Waals surface area contributed by atoms with Gasteiger partial charge >= 0.3 is 5.97 Å². The Morgan fingerprint density at radius 3 is 2.04 bits per heavy atom. The zero-order valence-corrected chi connectivity index (χ0v) is 35.9. The Morgan fingerprint density at radius 2 is 1.50 bits per heavy atom. The van der Waals surface area contributed by atoms with Gasteiger partial charge in [0.15, 0.2) is 0 Å². The van der Waals surface area contributed by atoms with Crippen molar-refractivity contribution in [3.05, 3.63) is 95.1 Å². The molecule has 0 fully saturated rings. The summed E-state index contributed by atoms with van der Waals surface area (Å²) in [5.74, 6) is -0.717. The fraction of sp³-hybridized carbons (Fsp3) is 0.537. The average molecular weight is 770 g/mol. The SMILES string of the molecule is C=C1CC[C@@H](Oc2ccc(C(CC(=O)OC)CS(=O)(=O)N(COCC[Si](C)(C)C)COCC[Si](C)(C)C)cc2)C/C=C\C=C/1c1c(C)cccc1C. The molecule has 1 unspecified atom stereocenters. The van der Waals surface area contributed by atoms with Crippen LogP contribution in [0.5, 0.6) is 5.75 Å². The predicted octanol–water partition coefficient (Wildman–Crippen LogP) is 9.33. The van der Waals surface area contributed by atoms with Gasteiger partial charge < -0.3 is 18.9 Å². The van der Waals surface area contributed by atoms with E-state index in [1.807, 2.05) is 24.3 Å². The van der Waals surface area contributed by atoms with Crippen LogP contribution in [-0.2, 0) is 29.0 Å². The Morgan fingerprint density at radius 1 is 0.923 bits per heavy atom. The lowest BCUT2D eigenvalue weighted by Gasteiger charge is -2.26. The molecule has 8 nitrogen and oxygen atoms in total. The lowest BCUT2D eigenvalue weighted by Crippen LogP contribution is -2.39. The minimum absolute atomic E-state index is 0.0636. The summed E-state index contributed by atoms with van der Waals surface area (Å²) in [5.41, 5.74) is 6.66. The van der Waals surface area contributed by atoms with Gasteiger partial charge in [-0.25, -0.2) is 8.42 Å². The van der Waals surface area contributed by atoms with Crippen LogP contribution in [-0.4, -0.2) is 80.5 Å². The highest BCUT2D eigenvalue weighted by atomic mass is 32.2. The van der Waals surface area contributed by atoms with Crippen molar-refractivity contribution in [2.24, 2.45) is 0 Å².